The summed E-state index contributed by atoms with van der Waals surface area (Å²) in [6, 6.07) is 6.41. The maximum atomic E-state index is 11.8. The first kappa shape index (κ1) is 12.5. The van der Waals surface area contributed by atoms with Gasteiger partial charge in [-0.05, 0) is 18.4 Å². The number of hydrogen-bond acceptors (Lipinski definition) is 3. The fourth-order valence-corrected chi connectivity index (χ4v) is 3.55. The molecule has 0 bridgehead atoms. The largest absolute Gasteiger partial charge is 0.496 e. The highest BCUT2D eigenvalue weighted by Gasteiger charge is 2.61. The van der Waals surface area contributed by atoms with E-state index in [1.807, 2.05) is 24.0 Å². The molecule has 4 atom stereocenters. The van der Waals surface area contributed by atoms with Gasteiger partial charge < -0.3 is 15.4 Å². The third-order valence-corrected chi connectivity index (χ3v) is 4.57. The zero-order chi connectivity index (χ0) is 13.7. The Morgan fingerprint density at radius 1 is 1.47 bits per heavy atom. The van der Waals surface area contributed by atoms with Gasteiger partial charge in [-0.25, -0.2) is 0 Å². The number of carbonyl (C=O) groups excluding carboxylic acids is 1. The molecule has 1 aromatic carbocycles. The van der Waals surface area contributed by atoms with Gasteiger partial charge in [0, 0.05) is 31.0 Å². The normalized spacial score (nSPS) is 32.1. The number of aryl methyl sites for hydroxylation is 1. The summed E-state index contributed by atoms with van der Waals surface area (Å²) < 4.78 is 5.54. The van der Waals surface area contributed by atoms with Gasteiger partial charge in [0.2, 0.25) is 5.91 Å². The second-order valence-corrected chi connectivity index (χ2v) is 5.63. The lowest BCUT2D eigenvalue weighted by Gasteiger charge is -2.29. The second-order valence-electron chi connectivity index (χ2n) is 5.63. The molecule has 0 radical (unpaired) electrons. The maximum absolute atomic E-state index is 11.8. The van der Waals surface area contributed by atoms with E-state index in [0.717, 1.165) is 23.4 Å². The van der Waals surface area contributed by atoms with Gasteiger partial charge in [-0.2, -0.15) is 0 Å². The number of nitrogens with zero attached hydrogens (tertiary/aromatic N) is 1. The molecule has 1 aliphatic heterocycles. The summed E-state index contributed by atoms with van der Waals surface area (Å²) in [7, 11) is 1.68. The number of carbonyl (C=O) groups is 1. The number of benzene rings is 1. The van der Waals surface area contributed by atoms with Crippen LogP contribution >= 0.6 is 0 Å². The van der Waals surface area contributed by atoms with Gasteiger partial charge in [0.25, 0.3) is 0 Å². The van der Waals surface area contributed by atoms with Gasteiger partial charge in [0.05, 0.1) is 13.2 Å². The molecule has 4 heteroatoms. The third kappa shape index (κ3) is 1.74. The Bertz CT molecular complexity index is 529. The molecule has 2 N–H and O–H groups in total. The molecule has 2 fully saturated rings. The van der Waals surface area contributed by atoms with Crippen LogP contribution in [0, 0.1) is 18.8 Å². The van der Waals surface area contributed by atoms with Crippen molar-refractivity contribution in [3.63, 3.8) is 0 Å². The Labute approximate surface area is 113 Å². The first-order valence-corrected chi connectivity index (χ1v) is 6.72. The molecular formula is C15H20N2O2. The first-order chi connectivity index (χ1) is 9.06. The molecule has 4 nitrogen and oxygen atoms in total. The van der Waals surface area contributed by atoms with Crippen molar-refractivity contribution in [1.82, 2.24) is 4.90 Å². The predicted molar refractivity (Wildman–Crippen MR) is 72.8 cm³/mol. The molecule has 1 heterocycles. The highest BCUT2D eigenvalue weighted by Crippen LogP contribution is 2.57. The van der Waals surface area contributed by atoms with Crippen molar-refractivity contribution in [2.75, 3.05) is 13.7 Å². The Morgan fingerprint density at radius 3 is 2.84 bits per heavy atom. The Kier molecular flexibility index (Phi) is 2.78. The van der Waals surface area contributed by atoms with Crippen molar-refractivity contribution in [3.05, 3.63) is 29.3 Å². The number of ether oxygens (including phenoxy) is 1. The fraction of sp³-hybridized carbons (Fsp3) is 0.533. The monoisotopic (exact) mass is 260 g/mol. The molecule has 0 spiro atoms. The average molecular weight is 260 g/mol. The van der Waals surface area contributed by atoms with Crippen LogP contribution in [-0.2, 0) is 4.79 Å². The van der Waals surface area contributed by atoms with Crippen LogP contribution in [0.25, 0.3) is 0 Å². The lowest BCUT2D eigenvalue weighted by atomic mass is 9.98. The summed E-state index contributed by atoms with van der Waals surface area (Å²) in [5.74, 6) is 1.85. The molecule has 2 aliphatic rings. The van der Waals surface area contributed by atoms with E-state index in [-0.39, 0.29) is 18.0 Å². The SMILES string of the molecule is COc1c(C)cccc1C1C2C(N)C2CN1C(C)=O. The number of amides is 1. The summed E-state index contributed by atoms with van der Waals surface area (Å²) in [6.45, 7) is 4.44. The number of methoxy groups -OCH3 is 1. The molecule has 1 saturated carbocycles. The van der Waals surface area contributed by atoms with E-state index >= 15 is 0 Å². The number of nitrogens with two attached hydrogens (primary N) is 1. The van der Waals surface area contributed by atoms with Crippen LogP contribution < -0.4 is 10.5 Å². The summed E-state index contributed by atoms with van der Waals surface area (Å²) in [5.41, 5.74) is 8.31. The standard InChI is InChI=1S/C15H20N2O2/c1-8-5-4-6-10(15(8)19-3)14-12-11(13(12)16)7-17(14)9(2)18/h4-6,11-14H,7,16H2,1-3H3. The van der Waals surface area contributed by atoms with E-state index in [4.69, 9.17) is 10.5 Å². The Hall–Kier alpha value is -1.55. The van der Waals surface area contributed by atoms with E-state index in [0.29, 0.717) is 11.8 Å². The molecule has 1 aliphatic carbocycles. The zero-order valence-electron chi connectivity index (χ0n) is 11.6. The van der Waals surface area contributed by atoms with Crippen LogP contribution in [0.4, 0.5) is 0 Å². The number of para-hydroxylation sites is 1. The van der Waals surface area contributed by atoms with Crippen molar-refractivity contribution in [2.45, 2.75) is 25.9 Å². The molecule has 0 aromatic heterocycles. The van der Waals surface area contributed by atoms with Gasteiger partial charge in [0.15, 0.2) is 0 Å². The molecule has 102 valence electrons. The van der Waals surface area contributed by atoms with Crippen LogP contribution in [0.5, 0.6) is 5.75 Å². The van der Waals surface area contributed by atoms with E-state index in [1.54, 1.807) is 14.0 Å². The van der Waals surface area contributed by atoms with Crippen molar-refractivity contribution in [1.29, 1.82) is 0 Å². The van der Waals surface area contributed by atoms with Crippen LogP contribution in [-0.4, -0.2) is 30.5 Å². The summed E-state index contributed by atoms with van der Waals surface area (Å²) in [5, 5.41) is 0. The van der Waals surface area contributed by atoms with Gasteiger partial charge >= 0.3 is 0 Å². The van der Waals surface area contributed by atoms with Gasteiger partial charge in [-0.3, -0.25) is 4.79 Å². The minimum absolute atomic E-state index is 0.0762. The highest BCUT2D eigenvalue weighted by atomic mass is 16.5. The van der Waals surface area contributed by atoms with Crippen molar-refractivity contribution < 1.29 is 9.53 Å². The highest BCUT2D eigenvalue weighted by molar-refractivity contribution is 5.75. The Morgan fingerprint density at radius 2 is 2.21 bits per heavy atom. The van der Waals surface area contributed by atoms with Gasteiger partial charge in [-0.1, -0.05) is 18.2 Å². The third-order valence-electron chi connectivity index (χ3n) is 4.57. The maximum Gasteiger partial charge on any atom is 0.219 e. The van der Waals surface area contributed by atoms with Crippen LogP contribution in [0.2, 0.25) is 0 Å². The molecule has 3 rings (SSSR count). The van der Waals surface area contributed by atoms with E-state index < -0.39 is 0 Å². The number of likely N-dealkylation sites (tertiary alicyclic amines) is 1. The number of rotatable bonds is 2. The van der Waals surface area contributed by atoms with E-state index in [9.17, 15) is 4.79 Å². The quantitative estimate of drug-likeness (QED) is 0.876. The fourth-order valence-electron chi connectivity index (χ4n) is 3.55. The van der Waals surface area contributed by atoms with Crippen molar-refractivity contribution >= 4 is 5.91 Å². The minimum atomic E-state index is 0.0762. The number of fused-ring (bicyclic) bond motifs is 1. The lowest BCUT2D eigenvalue weighted by Crippen LogP contribution is -2.35. The number of piperidine rings is 1. The number of hydrogen-bond donors (Lipinski definition) is 1. The van der Waals surface area contributed by atoms with Crippen molar-refractivity contribution in [2.24, 2.45) is 17.6 Å². The van der Waals surface area contributed by atoms with Gasteiger partial charge in [-0.15, -0.1) is 0 Å². The molecule has 4 unspecified atom stereocenters. The average Bonchev–Trinajstić information content (AvgIpc) is 2.85. The molecular weight excluding hydrogens is 240 g/mol. The summed E-state index contributed by atoms with van der Waals surface area (Å²) in [4.78, 5) is 13.8. The van der Waals surface area contributed by atoms with Crippen molar-refractivity contribution in [3.8, 4) is 5.75 Å². The molecule has 1 aromatic rings. The zero-order valence-corrected chi connectivity index (χ0v) is 11.6. The Balaban J connectivity index is 2.04. The lowest BCUT2D eigenvalue weighted by molar-refractivity contribution is -0.130. The predicted octanol–water partition coefficient (Wildman–Crippen LogP) is 1.48. The van der Waals surface area contributed by atoms with E-state index in [1.165, 1.54) is 0 Å². The summed E-state index contributed by atoms with van der Waals surface area (Å²) >= 11 is 0. The molecule has 1 saturated heterocycles. The minimum Gasteiger partial charge on any atom is -0.496 e. The topological polar surface area (TPSA) is 55.6 Å². The second kappa shape index (κ2) is 4.23. The van der Waals surface area contributed by atoms with Gasteiger partial charge in [0.1, 0.15) is 5.75 Å². The van der Waals surface area contributed by atoms with Crippen LogP contribution in [0.1, 0.15) is 24.1 Å². The first-order valence-electron chi connectivity index (χ1n) is 6.72. The van der Waals surface area contributed by atoms with E-state index in [2.05, 4.69) is 6.07 Å². The molecule has 19 heavy (non-hydrogen) atoms. The summed E-state index contributed by atoms with van der Waals surface area (Å²) in [6.07, 6.45) is 0. The smallest absolute Gasteiger partial charge is 0.219 e. The molecule has 1 amide bonds. The van der Waals surface area contributed by atoms with Crippen LogP contribution in [0.15, 0.2) is 18.2 Å². The van der Waals surface area contributed by atoms with Crippen LogP contribution in [0.3, 0.4) is 0 Å².